The van der Waals surface area contributed by atoms with E-state index in [1.54, 1.807) is 0 Å². The molecule has 17 heavy (non-hydrogen) atoms. The van der Waals surface area contributed by atoms with Crippen molar-refractivity contribution in [2.45, 2.75) is 6.92 Å². The molecule has 0 aliphatic rings. The Bertz CT molecular complexity index is 167. The first-order chi connectivity index (χ1) is 7.48. The molecule has 0 bridgehead atoms. The van der Waals surface area contributed by atoms with Crippen LogP contribution in [-0.2, 0) is 9.47 Å². The maximum atomic E-state index is 5.52. The van der Waals surface area contributed by atoms with Gasteiger partial charge in [0.15, 0.2) is 0 Å². The van der Waals surface area contributed by atoms with Crippen LogP contribution in [0, 0.1) is 0 Å². The number of rotatable bonds is 10. The molecule has 0 N–H and O–H groups in total. The predicted octanol–water partition coefficient (Wildman–Crippen LogP) is -2.32. The van der Waals surface area contributed by atoms with Crippen LogP contribution in [0.25, 0.3) is 0 Å². The van der Waals surface area contributed by atoms with Crippen LogP contribution in [0.15, 0.2) is 0 Å². The lowest BCUT2D eigenvalue weighted by Crippen LogP contribution is -3.00. The van der Waals surface area contributed by atoms with Crippen LogP contribution in [-0.4, -0.2) is 83.6 Å². The Balaban J connectivity index is 0. The number of ether oxygens (including phenoxy) is 2. The highest BCUT2D eigenvalue weighted by molar-refractivity contribution is 4.42. The van der Waals surface area contributed by atoms with E-state index in [0.29, 0.717) is 13.2 Å². The lowest BCUT2D eigenvalue weighted by Gasteiger charge is -2.30. The Morgan fingerprint density at radius 1 is 0.941 bits per heavy atom. The first kappa shape index (κ1) is 19.7. The Labute approximate surface area is 117 Å². The molecule has 0 saturated carbocycles. The van der Waals surface area contributed by atoms with Gasteiger partial charge in [0.1, 0.15) is 6.54 Å². The van der Waals surface area contributed by atoms with Crippen LogP contribution in [0.3, 0.4) is 0 Å². The van der Waals surface area contributed by atoms with Crippen LogP contribution in [0.2, 0.25) is 0 Å². The zero-order chi connectivity index (χ0) is 12.4. The summed E-state index contributed by atoms with van der Waals surface area (Å²) in [7, 11) is 8.71. The number of hydrogen-bond donors (Lipinski definition) is 0. The van der Waals surface area contributed by atoms with Crippen molar-refractivity contribution in [3.63, 3.8) is 0 Å². The molecule has 0 spiro atoms. The van der Waals surface area contributed by atoms with Crippen molar-refractivity contribution in [1.82, 2.24) is 4.90 Å². The van der Waals surface area contributed by atoms with Crippen LogP contribution >= 0.6 is 0 Å². The molecule has 0 atom stereocenters. The molecular weight excluding hydrogens is 284 g/mol. The van der Waals surface area contributed by atoms with Gasteiger partial charge < -0.3 is 35.8 Å². The third-order valence-corrected chi connectivity index (χ3v) is 2.57. The van der Waals surface area contributed by atoms with Crippen LogP contribution in [0.5, 0.6) is 0 Å². The van der Waals surface area contributed by atoms with E-state index in [-0.39, 0.29) is 17.0 Å². The largest absolute Gasteiger partial charge is 1.00 e. The van der Waals surface area contributed by atoms with E-state index in [1.807, 2.05) is 6.92 Å². The van der Waals surface area contributed by atoms with Gasteiger partial charge in [-0.05, 0) is 21.0 Å². The highest BCUT2D eigenvalue weighted by Gasteiger charge is 2.14. The zero-order valence-electron chi connectivity index (χ0n) is 12.0. The van der Waals surface area contributed by atoms with Crippen molar-refractivity contribution in [1.29, 1.82) is 0 Å². The van der Waals surface area contributed by atoms with Crippen molar-refractivity contribution in [2.24, 2.45) is 0 Å². The smallest absolute Gasteiger partial charge is 0.102 e. The number of hydrogen-bond acceptors (Lipinski definition) is 3. The number of quaternary nitrogens is 1. The van der Waals surface area contributed by atoms with Gasteiger partial charge in [-0.15, -0.1) is 0 Å². The normalized spacial score (nSPS) is 11.6. The predicted molar refractivity (Wildman–Crippen MR) is 67.7 cm³/mol. The number of nitrogens with zero attached hydrogens (tertiary/aromatic N) is 2. The molecular formula is C12H29BrN2O2. The molecule has 0 aliphatic heterocycles. The molecule has 5 heteroatoms. The van der Waals surface area contributed by atoms with Gasteiger partial charge in [0.05, 0.1) is 40.5 Å². The molecule has 0 unspecified atom stereocenters. The monoisotopic (exact) mass is 312 g/mol. The molecule has 0 aromatic carbocycles. The molecule has 0 rings (SSSR count). The van der Waals surface area contributed by atoms with Crippen LogP contribution in [0.1, 0.15) is 6.92 Å². The Hall–Kier alpha value is 0.320. The Kier molecular flexibility index (Phi) is 13.2. The van der Waals surface area contributed by atoms with E-state index in [0.717, 1.165) is 37.3 Å². The summed E-state index contributed by atoms with van der Waals surface area (Å²) in [6.07, 6.45) is 0. The molecule has 0 fully saturated rings. The van der Waals surface area contributed by atoms with Gasteiger partial charge in [0.25, 0.3) is 0 Å². The fraction of sp³-hybridized carbons (Fsp3) is 1.00. The summed E-state index contributed by atoms with van der Waals surface area (Å²) in [6, 6.07) is 0. The topological polar surface area (TPSA) is 21.7 Å². The van der Waals surface area contributed by atoms with Gasteiger partial charge in [-0.2, -0.15) is 0 Å². The molecule has 0 amide bonds. The lowest BCUT2D eigenvalue weighted by atomic mass is 10.4. The molecule has 0 heterocycles. The minimum Gasteiger partial charge on any atom is -1.00 e. The Morgan fingerprint density at radius 2 is 1.53 bits per heavy atom. The highest BCUT2D eigenvalue weighted by atomic mass is 79.9. The Morgan fingerprint density at radius 3 is 2.06 bits per heavy atom. The minimum atomic E-state index is 0. The highest BCUT2D eigenvalue weighted by Crippen LogP contribution is 1.97. The van der Waals surface area contributed by atoms with Gasteiger partial charge in [-0.3, -0.25) is 0 Å². The zero-order valence-corrected chi connectivity index (χ0v) is 13.6. The van der Waals surface area contributed by atoms with Gasteiger partial charge in [0.2, 0.25) is 0 Å². The van der Waals surface area contributed by atoms with Gasteiger partial charge in [-0.1, -0.05) is 0 Å². The quantitative estimate of drug-likeness (QED) is 0.334. The molecule has 4 nitrogen and oxygen atoms in total. The van der Waals surface area contributed by atoms with Crippen molar-refractivity contribution in [3.8, 4) is 0 Å². The van der Waals surface area contributed by atoms with Gasteiger partial charge in [-0.25, -0.2) is 0 Å². The van der Waals surface area contributed by atoms with Crippen LogP contribution < -0.4 is 17.0 Å². The molecule has 0 aliphatic carbocycles. The van der Waals surface area contributed by atoms with Crippen molar-refractivity contribution < 1.29 is 30.9 Å². The molecule has 106 valence electrons. The maximum absolute atomic E-state index is 5.52. The van der Waals surface area contributed by atoms with E-state index >= 15 is 0 Å². The fourth-order valence-electron chi connectivity index (χ4n) is 1.26. The summed E-state index contributed by atoms with van der Waals surface area (Å²) in [5.74, 6) is 0. The second-order valence-electron chi connectivity index (χ2n) is 5.00. The average molecular weight is 313 g/mol. The molecule has 0 radical (unpaired) electrons. The van der Waals surface area contributed by atoms with Crippen molar-refractivity contribution in [2.75, 3.05) is 74.3 Å². The summed E-state index contributed by atoms with van der Waals surface area (Å²) in [5.41, 5.74) is 0. The van der Waals surface area contributed by atoms with E-state index in [2.05, 4.69) is 33.1 Å². The van der Waals surface area contributed by atoms with Crippen molar-refractivity contribution >= 4 is 0 Å². The third-order valence-electron chi connectivity index (χ3n) is 2.57. The van der Waals surface area contributed by atoms with Gasteiger partial charge in [0, 0.05) is 13.2 Å². The van der Waals surface area contributed by atoms with E-state index in [1.165, 1.54) is 0 Å². The summed E-state index contributed by atoms with van der Waals surface area (Å²) in [6.45, 7) is 8.33. The average Bonchev–Trinajstić information content (AvgIpc) is 2.21. The van der Waals surface area contributed by atoms with E-state index < -0.39 is 0 Å². The summed E-state index contributed by atoms with van der Waals surface area (Å²) in [5, 5.41) is 0. The summed E-state index contributed by atoms with van der Waals surface area (Å²) in [4.78, 5) is 2.22. The second kappa shape index (κ2) is 11.4. The first-order valence-electron chi connectivity index (χ1n) is 6.10. The molecule has 0 saturated heterocycles. The fourth-order valence-corrected chi connectivity index (χ4v) is 1.26. The number of likely N-dealkylation sites (N-methyl/N-ethyl adjacent to an activating group) is 2. The van der Waals surface area contributed by atoms with Gasteiger partial charge >= 0.3 is 0 Å². The maximum Gasteiger partial charge on any atom is 0.102 e. The van der Waals surface area contributed by atoms with E-state index in [4.69, 9.17) is 9.47 Å². The van der Waals surface area contributed by atoms with E-state index in [9.17, 15) is 0 Å². The molecule has 0 aromatic heterocycles. The SMILES string of the molecule is CCOCCOCC[N+](C)(C)CCN(C)C.[Br-]. The van der Waals surface area contributed by atoms with Crippen molar-refractivity contribution in [3.05, 3.63) is 0 Å². The molecule has 0 aromatic rings. The summed E-state index contributed by atoms with van der Waals surface area (Å²) < 4.78 is 11.7. The third kappa shape index (κ3) is 14.3. The standard InChI is InChI=1S/C12H29N2O2.BrH/c1-6-15-11-12-16-10-9-14(4,5)8-7-13(2)3;/h6-12H2,1-5H3;1H/q+1;/p-1. The first-order valence-corrected chi connectivity index (χ1v) is 6.10. The van der Waals surface area contributed by atoms with Crippen LogP contribution in [0.4, 0.5) is 0 Å². The number of halogens is 1. The minimum absolute atomic E-state index is 0. The second-order valence-corrected chi connectivity index (χ2v) is 5.00. The lowest BCUT2D eigenvalue weighted by molar-refractivity contribution is -0.890. The summed E-state index contributed by atoms with van der Waals surface area (Å²) >= 11 is 0.